The lowest BCUT2D eigenvalue weighted by Gasteiger charge is -2.36. The average molecular weight is 227 g/mol. The molecule has 1 aliphatic heterocycles. The van der Waals surface area contributed by atoms with Gasteiger partial charge in [0, 0.05) is 13.1 Å². The largest absolute Gasteiger partial charge is 0.303 e. The molecule has 1 atom stereocenters. The summed E-state index contributed by atoms with van der Waals surface area (Å²) in [4.78, 5) is 2.64. The Bertz CT molecular complexity index is 199. The standard InChI is InChI=1S/C14H26FN/c1-2-12-4-3-9-16(10-12)11-13-5-7-14(15)8-6-13/h12-14H,2-11H2,1H3. The summed E-state index contributed by atoms with van der Waals surface area (Å²) in [6, 6.07) is 0. The van der Waals surface area contributed by atoms with Crippen LogP contribution in [-0.4, -0.2) is 30.7 Å². The molecule has 94 valence electrons. The molecule has 0 N–H and O–H groups in total. The second kappa shape index (κ2) is 6.00. The van der Waals surface area contributed by atoms with Crippen molar-refractivity contribution in [3.63, 3.8) is 0 Å². The number of piperidine rings is 1. The van der Waals surface area contributed by atoms with E-state index in [1.807, 2.05) is 0 Å². The van der Waals surface area contributed by atoms with Crippen molar-refractivity contribution in [2.75, 3.05) is 19.6 Å². The van der Waals surface area contributed by atoms with Crippen LogP contribution in [0.25, 0.3) is 0 Å². The van der Waals surface area contributed by atoms with Gasteiger partial charge in [0.25, 0.3) is 0 Å². The minimum Gasteiger partial charge on any atom is -0.303 e. The van der Waals surface area contributed by atoms with Crippen molar-refractivity contribution in [3.05, 3.63) is 0 Å². The highest BCUT2D eigenvalue weighted by Gasteiger charge is 2.25. The lowest BCUT2D eigenvalue weighted by atomic mass is 9.86. The summed E-state index contributed by atoms with van der Waals surface area (Å²) < 4.78 is 13.0. The van der Waals surface area contributed by atoms with Gasteiger partial charge in [-0.2, -0.15) is 0 Å². The van der Waals surface area contributed by atoms with Crippen LogP contribution in [0.2, 0.25) is 0 Å². The lowest BCUT2D eigenvalue weighted by molar-refractivity contribution is 0.119. The van der Waals surface area contributed by atoms with Crippen molar-refractivity contribution >= 4 is 0 Å². The smallest absolute Gasteiger partial charge is 0.100 e. The molecule has 0 aromatic rings. The second-order valence-corrected chi connectivity index (χ2v) is 5.79. The number of nitrogens with zero attached hydrogens (tertiary/aromatic N) is 1. The van der Waals surface area contributed by atoms with Crippen molar-refractivity contribution < 1.29 is 4.39 Å². The van der Waals surface area contributed by atoms with E-state index < -0.39 is 6.17 Å². The predicted molar refractivity (Wildman–Crippen MR) is 66.3 cm³/mol. The van der Waals surface area contributed by atoms with Gasteiger partial charge in [0.15, 0.2) is 0 Å². The molecule has 2 aliphatic rings. The van der Waals surface area contributed by atoms with Crippen LogP contribution in [0.4, 0.5) is 4.39 Å². The number of hydrogen-bond acceptors (Lipinski definition) is 1. The van der Waals surface area contributed by atoms with Gasteiger partial charge in [0.2, 0.25) is 0 Å². The fourth-order valence-electron chi connectivity index (χ4n) is 3.32. The minimum atomic E-state index is -0.499. The van der Waals surface area contributed by atoms with E-state index in [0.29, 0.717) is 0 Å². The first-order valence-corrected chi connectivity index (χ1v) is 7.14. The average Bonchev–Trinajstić information content (AvgIpc) is 2.32. The molecule has 0 aromatic heterocycles. The summed E-state index contributed by atoms with van der Waals surface area (Å²) >= 11 is 0. The molecule has 0 spiro atoms. The molecule has 0 aromatic carbocycles. The zero-order valence-corrected chi connectivity index (χ0v) is 10.6. The monoisotopic (exact) mass is 227 g/mol. The zero-order valence-electron chi connectivity index (χ0n) is 10.6. The SMILES string of the molecule is CCC1CCCN(CC2CCC(F)CC2)C1. The van der Waals surface area contributed by atoms with Gasteiger partial charge in [0.1, 0.15) is 6.17 Å². The maximum Gasteiger partial charge on any atom is 0.100 e. The molecule has 1 aliphatic carbocycles. The van der Waals surface area contributed by atoms with Gasteiger partial charge >= 0.3 is 0 Å². The van der Waals surface area contributed by atoms with Gasteiger partial charge in [-0.1, -0.05) is 13.3 Å². The first-order valence-electron chi connectivity index (χ1n) is 7.14. The van der Waals surface area contributed by atoms with Crippen molar-refractivity contribution in [1.29, 1.82) is 0 Å². The Morgan fingerprint density at radius 3 is 2.50 bits per heavy atom. The number of rotatable bonds is 3. The molecule has 16 heavy (non-hydrogen) atoms. The fraction of sp³-hybridized carbons (Fsp3) is 1.00. The Morgan fingerprint density at radius 2 is 1.81 bits per heavy atom. The number of hydrogen-bond donors (Lipinski definition) is 0. The highest BCUT2D eigenvalue weighted by Crippen LogP contribution is 2.28. The maximum atomic E-state index is 13.0. The molecule has 1 heterocycles. The Balaban J connectivity index is 1.72. The topological polar surface area (TPSA) is 3.24 Å². The molecule has 2 fully saturated rings. The predicted octanol–water partition coefficient (Wildman–Crippen LogP) is 3.64. The number of likely N-dealkylation sites (tertiary alicyclic amines) is 1. The quantitative estimate of drug-likeness (QED) is 0.711. The van der Waals surface area contributed by atoms with Crippen LogP contribution in [0.15, 0.2) is 0 Å². The lowest BCUT2D eigenvalue weighted by Crippen LogP contribution is -2.39. The Morgan fingerprint density at radius 1 is 1.06 bits per heavy atom. The normalized spacial score (nSPS) is 37.5. The van der Waals surface area contributed by atoms with Gasteiger partial charge in [-0.05, 0) is 56.9 Å². The van der Waals surface area contributed by atoms with Crippen molar-refractivity contribution in [2.24, 2.45) is 11.8 Å². The molecule has 1 saturated carbocycles. The third-order valence-corrected chi connectivity index (χ3v) is 4.47. The Kier molecular flexibility index (Phi) is 4.63. The van der Waals surface area contributed by atoms with Gasteiger partial charge in [-0.25, -0.2) is 4.39 Å². The minimum absolute atomic E-state index is 0.499. The molecule has 0 bridgehead atoms. The molecule has 1 unspecified atom stereocenters. The van der Waals surface area contributed by atoms with E-state index in [0.717, 1.165) is 37.5 Å². The first-order chi connectivity index (χ1) is 7.78. The van der Waals surface area contributed by atoms with Crippen LogP contribution in [-0.2, 0) is 0 Å². The van der Waals surface area contributed by atoms with E-state index in [9.17, 15) is 4.39 Å². The van der Waals surface area contributed by atoms with Crippen LogP contribution in [0.1, 0.15) is 51.9 Å². The summed E-state index contributed by atoms with van der Waals surface area (Å²) in [7, 11) is 0. The highest BCUT2D eigenvalue weighted by atomic mass is 19.1. The van der Waals surface area contributed by atoms with Crippen LogP contribution in [0.5, 0.6) is 0 Å². The van der Waals surface area contributed by atoms with Crippen LogP contribution in [0, 0.1) is 11.8 Å². The van der Waals surface area contributed by atoms with Gasteiger partial charge < -0.3 is 4.90 Å². The van der Waals surface area contributed by atoms with Gasteiger partial charge in [-0.3, -0.25) is 0 Å². The molecule has 2 rings (SSSR count). The maximum absolute atomic E-state index is 13.0. The third-order valence-electron chi connectivity index (χ3n) is 4.47. The first kappa shape index (κ1) is 12.3. The summed E-state index contributed by atoms with van der Waals surface area (Å²) in [6.07, 6.45) is 7.49. The van der Waals surface area contributed by atoms with E-state index in [1.165, 1.54) is 38.9 Å². The fourth-order valence-corrected chi connectivity index (χ4v) is 3.32. The van der Waals surface area contributed by atoms with Gasteiger partial charge in [-0.15, -0.1) is 0 Å². The van der Waals surface area contributed by atoms with E-state index in [4.69, 9.17) is 0 Å². The Labute approximate surface area is 99.4 Å². The van der Waals surface area contributed by atoms with Crippen molar-refractivity contribution in [1.82, 2.24) is 4.90 Å². The molecule has 0 amide bonds. The summed E-state index contributed by atoms with van der Waals surface area (Å²) in [6.45, 7) is 6.13. The molecular formula is C14H26FN. The van der Waals surface area contributed by atoms with Crippen LogP contribution < -0.4 is 0 Å². The molecule has 0 radical (unpaired) electrons. The highest BCUT2D eigenvalue weighted by molar-refractivity contribution is 4.78. The summed E-state index contributed by atoms with van der Waals surface area (Å²) in [5.74, 6) is 1.70. The molecular weight excluding hydrogens is 201 g/mol. The van der Waals surface area contributed by atoms with Crippen molar-refractivity contribution in [3.8, 4) is 0 Å². The molecule has 2 heteroatoms. The van der Waals surface area contributed by atoms with E-state index in [2.05, 4.69) is 11.8 Å². The number of halogens is 1. The summed E-state index contributed by atoms with van der Waals surface area (Å²) in [5.41, 5.74) is 0. The Hall–Kier alpha value is -0.110. The van der Waals surface area contributed by atoms with Gasteiger partial charge in [0.05, 0.1) is 0 Å². The molecule has 1 nitrogen and oxygen atoms in total. The van der Waals surface area contributed by atoms with Crippen molar-refractivity contribution in [2.45, 2.75) is 58.0 Å². The van der Waals surface area contributed by atoms with E-state index in [-0.39, 0.29) is 0 Å². The zero-order chi connectivity index (χ0) is 11.4. The molecule has 1 saturated heterocycles. The van der Waals surface area contributed by atoms with E-state index >= 15 is 0 Å². The third kappa shape index (κ3) is 3.44. The summed E-state index contributed by atoms with van der Waals surface area (Å²) in [5, 5.41) is 0. The number of alkyl halides is 1. The van der Waals surface area contributed by atoms with E-state index in [1.54, 1.807) is 0 Å². The van der Waals surface area contributed by atoms with Crippen LogP contribution in [0.3, 0.4) is 0 Å². The second-order valence-electron chi connectivity index (χ2n) is 5.79. The van der Waals surface area contributed by atoms with Crippen LogP contribution >= 0.6 is 0 Å².